The van der Waals surface area contributed by atoms with Gasteiger partial charge in [0.2, 0.25) is 0 Å². The van der Waals surface area contributed by atoms with E-state index in [9.17, 15) is 4.79 Å². The maximum absolute atomic E-state index is 12.6. The largest absolute Gasteiger partial charge is 0.496 e. The molecule has 3 rings (SSSR count). The van der Waals surface area contributed by atoms with Crippen LogP contribution in [0.2, 0.25) is 0 Å². The molecule has 0 saturated carbocycles. The van der Waals surface area contributed by atoms with Crippen molar-refractivity contribution in [1.29, 1.82) is 0 Å². The fourth-order valence-corrected chi connectivity index (χ4v) is 2.76. The molecule has 0 heterocycles. The van der Waals surface area contributed by atoms with E-state index in [1.165, 1.54) is 0 Å². The monoisotopic (exact) mass is 334 g/mol. The maximum atomic E-state index is 12.6. The van der Waals surface area contributed by atoms with Gasteiger partial charge in [-0.05, 0) is 40.6 Å². The molecule has 0 unspecified atom stereocenters. The molecule has 3 aromatic rings. The number of hydrogen-bond donors (Lipinski definition) is 1. The van der Waals surface area contributed by atoms with Gasteiger partial charge in [0.25, 0.3) is 5.91 Å². The highest BCUT2D eigenvalue weighted by atomic mass is 16.5. The highest BCUT2D eigenvalue weighted by Gasteiger charge is 2.13. The average Bonchev–Trinajstić information content (AvgIpc) is 2.65. The summed E-state index contributed by atoms with van der Waals surface area (Å²) in [7, 11) is 5.59. The van der Waals surface area contributed by atoms with E-state index in [-0.39, 0.29) is 5.91 Å². The number of methoxy groups -OCH3 is 1. The molecular weight excluding hydrogens is 312 g/mol. The molecule has 3 aromatic carbocycles. The summed E-state index contributed by atoms with van der Waals surface area (Å²) in [4.78, 5) is 14.7. The number of rotatable bonds is 5. The first kappa shape index (κ1) is 16.8. The first-order valence-corrected chi connectivity index (χ1v) is 8.20. The summed E-state index contributed by atoms with van der Waals surface area (Å²) in [5.74, 6) is 0.443. The minimum Gasteiger partial charge on any atom is -0.496 e. The van der Waals surface area contributed by atoms with Crippen LogP contribution in [0.3, 0.4) is 0 Å². The number of fused-ring (bicyclic) bond motifs is 1. The van der Waals surface area contributed by atoms with Crippen LogP contribution in [0.25, 0.3) is 10.8 Å². The molecule has 25 heavy (non-hydrogen) atoms. The van der Waals surface area contributed by atoms with E-state index in [4.69, 9.17) is 4.74 Å². The third-order valence-corrected chi connectivity index (χ3v) is 4.22. The smallest absolute Gasteiger partial charge is 0.255 e. The van der Waals surface area contributed by atoms with E-state index < -0.39 is 0 Å². The highest BCUT2D eigenvalue weighted by Crippen LogP contribution is 2.26. The van der Waals surface area contributed by atoms with Gasteiger partial charge in [0.15, 0.2) is 0 Å². The van der Waals surface area contributed by atoms with Crippen LogP contribution in [0.5, 0.6) is 5.75 Å². The molecule has 4 nitrogen and oxygen atoms in total. The lowest BCUT2D eigenvalue weighted by Crippen LogP contribution is -2.23. The molecule has 0 radical (unpaired) electrons. The van der Waals surface area contributed by atoms with Crippen LogP contribution in [0.15, 0.2) is 60.7 Å². The Kier molecular flexibility index (Phi) is 4.89. The molecule has 0 aliphatic carbocycles. The van der Waals surface area contributed by atoms with Crippen LogP contribution in [-0.2, 0) is 6.54 Å². The summed E-state index contributed by atoms with van der Waals surface area (Å²) in [6, 6.07) is 19.8. The number of nitrogens with one attached hydrogen (secondary N) is 1. The standard InChI is InChI=1S/C21H22N2O2/c1-23(2)18-10-8-15(9-11-18)14-22-21(24)19-12-16-6-4-5-7-17(16)13-20(19)25-3/h4-13H,14H2,1-3H3,(H,22,24). The van der Waals surface area contributed by atoms with E-state index in [2.05, 4.69) is 5.32 Å². The van der Waals surface area contributed by atoms with E-state index >= 15 is 0 Å². The van der Waals surface area contributed by atoms with Gasteiger partial charge in [-0.25, -0.2) is 0 Å². The van der Waals surface area contributed by atoms with Gasteiger partial charge in [-0.15, -0.1) is 0 Å². The molecule has 128 valence electrons. The molecule has 0 atom stereocenters. The van der Waals surface area contributed by atoms with Crippen LogP contribution in [0, 0.1) is 0 Å². The molecular formula is C21H22N2O2. The molecule has 0 aliphatic heterocycles. The van der Waals surface area contributed by atoms with E-state index in [0.717, 1.165) is 22.0 Å². The van der Waals surface area contributed by atoms with Gasteiger partial charge in [0.05, 0.1) is 12.7 Å². The minimum atomic E-state index is -0.140. The van der Waals surface area contributed by atoms with Crippen molar-refractivity contribution in [3.05, 3.63) is 71.8 Å². The quantitative estimate of drug-likeness (QED) is 0.771. The van der Waals surface area contributed by atoms with Gasteiger partial charge in [-0.2, -0.15) is 0 Å². The molecule has 0 fully saturated rings. The number of hydrogen-bond acceptors (Lipinski definition) is 3. The van der Waals surface area contributed by atoms with Crippen molar-refractivity contribution in [1.82, 2.24) is 5.32 Å². The lowest BCUT2D eigenvalue weighted by atomic mass is 10.1. The number of carbonyl (C=O) groups is 1. The van der Waals surface area contributed by atoms with Crippen LogP contribution < -0.4 is 15.0 Å². The Morgan fingerprint density at radius 3 is 2.24 bits per heavy atom. The number of benzene rings is 3. The third-order valence-electron chi connectivity index (χ3n) is 4.22. The zero-order valence-corrected chi connectivity index (χ0v) is 14.7. The average molecular weight is 334 g/mol. The summed E-state index contributed by atoms with van der Waals surface area (Å²) in [5, 5.41) is 5.04. The molecule has 0 aromatic heterocycles. The van der Waals surface area contributed by atoms with E-state index in [1.54, 1.807) is 7.11 Å². The van der Waals surface area contributed by atoms with Crippen LogP contribution >= 0.6 is 0 Å². The Bertz CT molecular complexity index is 886. The Hall–Kier alpha value is -3.01. The van der Waals surface area contributed by atoms with Crippen molar-refractivity contribution < 1.29 is 9.53 Å². The molecule has 0 saturated heterocycles. The van der Waals surface area contributed by atoms with E-state index in [0.29, 0.717) is 17.9 Å². The van der Waals surface area contributed by atoms with Gasteiger partial charge in [-0.1, -0.05) is 36.4 Å². The molecule has 0 bridgehead atoms. The SMILES string of the molecule is COc1cc2ccccc2cc1C(=O)NCc1ccc(N(C)C)cc1. The fraction of sp³-hybridized carbons (Fsp3) is 0.190. The number of nitrogens with zero attached hydrogens (tertiary/aromatic N) is 1. The zero-order chi connectivity index (χ0) is 17.8. The first-order valence-electron chi connectivity index (χ1n) is 8.20. The highest BCUT2D eigenvalue weighted by molar-refractivity contribution is 6.01. The van der Waals surface area contributed by atoms with Crippen molar-refractivity contribution in [3.63, 3.8) is 0 Å². The second-order valence-corrected chi connectivity index (χ2v) is 6.14. The van der Waals surface area contributed by atoms with Crippen molar-refractivity contribution in [2.75, 3.05) is 26.1 Å². The minimum absolute atomic E-state index is 0.140. The van der Waals surface area contributed by atoms with E-state index in [1.807, 2.05) is 79.7 Å². The molecule has 1 amide bonds. The van der Waals surface area contributed by atoms with Crippen LogP contribution in [0.4, 0.5) is 5.69 Å². The molecule has 0 spiro atoms. The Morgan fingerprint density at radius 2 is 1.64 bits per heavy atom. The summed E-state index contributed by atoms with van der Waals surface area (Å²) < 4.78 is 5.40. The number of amides is 1. The van der Waals surface area contributed by atoms with Crippen molar-refractivity contribution in [3.8, 4) is 5.75 Å². The lowest BCUT2D eigenvalue weighted by Gasteiger charge is -2.13. The molecule has 0 aliphatic rings. The summed E-state index contributed by atoms with van der Waals surface area (Å²) >= 11 is 0. The van der Waals surface area contributed by atoms with Gasteiger partial charge in [0.1, 0.15) is 5.75 Å². The summed E-state index contributed by atoms with van der Waals surface area (Å²) in [5.41, 5.74) is 2.73. The summed E-state index contributed by atoms with van der Waals surface area (Å²) in [6.45, 7) is 0.475. The zero-order valence-electron chi connectivity index (χ0n) is 14.7. The van der Waals surface area contributed by atoms with Crippen molar-refractivity contribution in [2.24, 2.45) is 0 Å². The number of carbonyl (C=O) groups excluding carboxylic acids is 1. The second kappa shape index (κ2) is 7.26. The molecule has 4 heteroatoms. The number of ether oxygens (including phenoxy) is 1. The maximum Gasteiger partial charge on any atom is 0.255 e. The topological polar surface area (TPSA) is 41.6 Å². The van der Waals surface area contributed by atoms with Gasteiger partial charge < -0.3 is 15.0 Å². The van der Waals surface area contributed by atoms with Gasteiger partial charge >= 0.3 is 0 Å². The Balaban J connectivity index is 1.77. The lowest BCUT2D eigenvalue weighted by molar-refractivity contribution is 0.0948. The van der Waals surface area contributed by atoms with Crippen molar-refractivity contribution >= 4 is 22.4 Å². The predicted molar refractivity (Wildman–Crippen MR) is 102 cm³/mol. The van der Waals surface area contributed by atoms with Gasteiger partial charge in [0, 0.05) is 26.3 Å². The van der Waals surface area contributed by atoms with Crippen molar-refractivity contribution in [2.45, 2.75) is 6.54 Å². The Labute approximate surface area is 148 Å². The van der Waals surface area contributed by atoms with Crippen LogP contribution in [-0.4, -0.2) is 27.1 Å². The van der Waals surface area contributed by atoms with Gasteiger partial charge in [-0.3, -0.25) is 4.79 Å². The predicted octanol–water partition coefficient (Wildman–Crippen LogP) is 3.84. The third kappa shape index (κ3) is 3.74. The normalized spacial score (nSPS) is 10.5. The second-order valence-electron chi connectivity index (χ2n) is 6.14. The number of anilines is 1. The molecule has 1 N–H and O–H groups in total. The Morgan fingerprint density at radius 1 is 1.00 bits per heavy atom. The van der Waals surface area contributed by atoms with Crippen LogP contribution in [0.1, 0.15) is 15.9 Å². The fourth-order valence-electron chi connectivity index (χ4n) is 2.76. The first-order chi connectivity index (χ1) is 12.1. The summed E-state index contributed by atoms with van der Waals surface area (Å²) in [6.07, 6.45) is 0.